The molecular formula is C18H25N5O. The van der Waals surface area contributed by atoms with Crippen LogP contribution in [0.2, 0.25) is 0 Å². The summed E-state index contributed by atoms with van der Waals surface area (Å²) in [6.45, 7) is 8.60. The van der Waals surface area contributed by atoms with Crippen molar-refractivity contribution in [3.8, 4) is 11.4 Å². The van der Waals surface area contributed by atoms with E-state index in [1.807, 2.05) is 28.6 Å². The van der Waals surface area contributed by atoms with Gasteiger partial charge in [-0.3, -0.25) is 9.48 Å². The van der Waals surface area contributed by atoms with E-state index < -0.39 is 0 Å². The average molecular weight is 327 g/mol. The fraction of sp³-hybridized carbons (Fsp3) is 0.556. The predicted molar refractivity (Wildman–Crippen MR) is 92.4 cm³/mol. The minimum atomic E-state index is -0.0229. The summed E-state index contributed by atoms with van der Waals surface area (Å²) in [7, 11) is 0. The Morgan fingerprint density at radius 2 is 2.08 bits per heavy atom. The van der Waals surface area contributed by atoms with Gasteiger partial charge in [0.05, 0.1) is 17.4 Å². The summed E-state index contributed by atoms with van der Waals surface area (Å²) in [6.07, 6.45) is 4.88. The van der Waals surface area contributed by atoms with Gasteiger partial charge < -0.3 is 4.90 Å². The van der Waals surface area contributed by atoms with Crippen molar-refractivity contribution in [1.29, 1.82) is 0 Å². The molecule has 3 rings (SSSR count). The summed E-state index contributed by atoms with van der Waals surface area (Å²) in [5.74, 6) is 0.843. The van der Waals surface area contributed by atoms with Crippen LogP contribution in [0.15, 0.2) is 18.3 Å². The lowest BCUT2D eigenvalue weighted by Gasteiger charge is -2.34. The van der Waals surface area contributed by atoms with E-state index in [4.69, 9.17) is 4.98 Å². The maximum atomic E-state index is 12.0. The van der Waals surface area contributed by atoms with Gasteiger partial charge in [0.1, 0.15) is 0 Å². The van der Waals surface area contributed by atoms with Crippen molar-refractivity contribution in [1.82, 2.24) is 24.6 Å². The van der Waals surface area contributed by atoms with Gasteiger partial charge in [0.15, 0.2) is 5.82 Å². The number of hydrogen-bond donors (Lipinski definition) is 0. The van der Waals surface area contributed by atoms with Crippen LogP contribution in [-0.2, 0) is 4.79 Å². The summed E-state index contributed by atoms with van der Waals surface area (Å²) < 4.78 is 1.97. The van der Waals surface area contributed by atoms with Crippen LogP contribution < -0.4 is 0 Å². The van der Waals surface area contributed by atoms with Crippen molar-refractivity contribution in [3.05, 3.63) is 29.8 Å². The monoisotopic (exact) mass is 327 g/mol. The number of hydrogen-bond acceptors (Lipinski definition) is 4. The molecule has 0 radical (unpaired) electrons. The zero-order valence-electron chi connectivity index (χ0n) is 14.9. The predicted octanol–water partition coefficient (Wildman–Crippen LogP) is 3.30. The lowest BCUT2D eigenvalue weighted by molar-refractivity contribution is -0.132. The first-order valence-corrected chi connectivity index (χ1v) is 8.64. The van der Waals surface area contributed by atoms with Gasteiger partial charge in [-0.15, -0.1) is 0 Å². The molecule has 1 atom stereocenters. The number of carbonyl (C=O) groups excluding carboxylic acids is 1. The van der Waals surface area contributed by atoms with E-state index in [0.717, 1.165) is 48.7 Å². The third-order valence-electron chi connectivity index (χ3n) is 4.50. The molecule has 24 heavy (non-hydrogen) atoms. The van der Waals surface area contributed by atoms with Crippen LogP contribution >= 0.6 is 0 Å². The number of carbonyl (C=O) groups is 1. The van der Waals surface area contributed by atoms with Crippen LogP contribution in [0.3, 0.4) is 0 Å². The molecule has 6 heteroatoms. The molecule has 0 bridgehead atoms. The second kappa shape index (κ2) is 6.71. The summed E-state index contributed by atoms with van der Waals surface area (Å²) in [6, 6.07) is 4.21. The van der Waals surface area contributed by atoms with E-state index in [0.29, 0.717) is 0 Å². The Kier molecular flexibility index (Phi) is 4.64. The normalized spacial score (nSPS) is 18.2. The summed E-state index contributed by atoms with van der Waals surface area (Å²) in [5.41, 5.74) is 2.78. The highest BCUT2D eigenvalue weighted by atomic mass is 16.2. The first-order chi connectivity index (χ1) is 11.5. The number of aryl methyl sites for hydroxylation is 1. The molecule has 1 amide bonds. The Morgan fingerprint density at radius 3 is 2.79 bits per heavy atom. The van der Waals surface area contributed by atoms with Crippen molar-refractivity contribution in [2.45, 2.75) is 59.0 Å². The van der Waals surface area contributed by atoms with Crippen molar-refractivity contribution < 1.29 is 4.79 Å². The molecule has 128 valence electrons. The Labute approximate surface area is 142 Å². The molecule has 0 saturated carbocycles. The molecule has 1 aliphatic rings. The first-order valence-electron chi connectivity index (χ1n) is 8.64. The third kappa shape index (κ3) is 3.18. The fourth-order valence-electron chi connectivity index (χ4n) is 3.38. The molecule has 1 unspecified atom stereocenters. The van der Waals surface area contributed by atoms with Gasteiger partial charge in [0.2, 0.25) is 5.91 Å². The van der Waals surface area contributed by atoms with Gasteiger partial charge >= 0.3 is 0 Å². The molecule has 1 saturated heterocycles. The van der Waals surface area contributed by atoms with Crippen LogP contribution in [-0.4, -0.2) is 37.1 Å². The van der Waals surface area contributed by atoms with Crippen molar-refractivity contribution in [3.63, 3.8) is 0 Å². The summed E-state index contributed by atoms with van der Waals surface area (Å²) in [4.78, 5) is 23.3. The number of likely N-dealkylation sites (tertiary alicyclic amines) is 1. The average Bonchev–Trinajstić information content (AvgIpc) is 3.04. The Morgan fingerprint density at radius 1 is 1.29 bits per heavy atom. The molecule has 1 aliphatic heterocycles. The minimum Gasteiger partial charge on any atom is -0.333 e. The number of amides is 1. The van der Waals surface area contributed by atoms with Gasteiger partial charge in [-0.05, 0) is 52.2 Å². The molecule has 1 fully saturated rings. The second-order valence-electron chi connectivity index (χ2n) is 6.73. The van der Waals surface area contributed by atoms with Crippen LogP contribution in [0.1, 0.15) is 63.6 Å². The van der Waals surface area contributed by atoms with Gasteiger partial charge in [0.25, 0.3) is 0 Å². The van der Waals surface area contributed by atoms with Gasteiger partial charge in [-0.25, -0.2) is 9.97 Å². The fourth-order valence-corrected chi connectivity index (χ4v) is 3.38. The highest BCUT2D eigenvalue weighted by Gasteiger charge is 2.28. The van der Waals surface area contributed by atoms with E-state index in [1.54, 1.807) is 13.1 Å². The molecule has 0 N–H and O–H groups in total. The molecule has 0 aromatic carbocycles. The van der Waals surface area contributed by atoms with Crippen molar-refractivity contribution in [2.75, 3.05) is 6.54 Å². The number of aromatic nitrogens is 4. The lowest BCUT2D eigenvalue weighted by Crippen LogP contribution is -2.37. The number of nitrogens with zero attached hydrogens (tertiary/aromatic N) is 5. The zero-order valence-corrected chi connectivity index (χ0v) is 14.9. The van der Waals surface area contributed by atoms with E-state index in [-0.39, 0.29) is 18.0 Å². The molecule has 0 spiro atoms. The van der Waals surface area contributed by atoms with Crippen molar-refractivity contribution in [2.24, 2.45) is 0 Å². The van der Waals surface area contributed by atoms with E-state index >= 15 is 0 Å². The second-order valence-corrected chi connectivity index (χ2v) is 6.73. The van der Waals surface area contributed by atoms with Crippen molar-refractivity contribution >= 4 is 5.91 Å². The maximum absolute atomic E-state index is 12.0. The lowest BCUT2D eigenvalue weighted by atomic mass is 10.0. The smallest absolute Gasteiger partial charge is 0.220 e. The molecule has 0 aliphatic carbocycles. The van der Waals surface area contributed by atoms with E-state index in [9.17, 15) is 4.79 Å². The Bertz CT molecular complexity index is 737. The first kappa shape index (κ1) is 16.6. The highest BCUT2D eigenvalue weighted by Crippen LogP contribution is 2.30. The van der Waals surface area contributed by atoms with Gasteiger partial charge in [0, 0.05) is 31.4 Å². The maximum Gasteiger partial charge on any atom is 0.220 e. The zero-order chi connectivity index (χ0) is 17.3. The largest absolute Gasteiger partial charge is 0.333 e. The van der Waals surface area contributed by atoms with Crippen LogP contribution in [0.25, 0.3) is 11.4 Å². The Hall–Kier alpha value is -2.24. The minimum absolute atomic E-state index is 0.0229. The summed E-state index contributed by atoms with van der Waals surface area (Å²) >= 11 is 0. The molecule has 2 aromatic rings. The molecule has 2 aromatic heterocycles. The highest BCUT2D eigenvalue weighted by molar-refractivity contribution is 5.73. The topological polar surface area (TPSA) is 63.9 Å². The Balaban J connectivity index is 2.03. The standard InChI is InChI=1S/C18H25N5O/c1-12(2)23-16(8-9-19-23)15-11-13(3)20-18(21-15)17-7-5-6-10-22(17)14(4)24/h8-9,11-12,17H,5-7,10H2,1-4H3. The quantitative estimate of drug-likeness (QED) is 0.867. The number of piperidine rings is 1. The van der Waals surface area contributed by atoms with Crippen LogP contribution in [0.5, 0.6) is 0 Å². The van der Waals surface area contributed by atoms with Gasteiger partial charge in [-0.1, -0.05) is 0 Å². The summed E-state index contributed by atoms with van der Waals surface area (Å²) in [5, 5.41) is 4.40. The van der Waals surface area contributed by atoms with E-state index in [2.05, 4.69) is 23.9 Å². The molecule has 3 heterocycles. The van der Waals surface area contributed by atoms with Crippen LogP contribution in [0, 0.1) is 6.92 Å². The third-order valence-corrected chi connectivity index (χ3v) is 4.50. The van der Waals surface area contributed by atoms with E-state index in [1.165, 1.54) is 0 Å². The van der Waals surface area contributed by atoms with Crippen LogP contribution in [0.4, 0.5) is 0 Å². The molecular weight excluding hydrogens is 302 g/mol. The number of rotatable bonds is 3. The van der Waals surface area contributed by atoms with Gasteiger partial charge in [-0.2, -0.15) is 5.10 Å². The molecule has 6 nitrogen and oxygen atoms in total. The SMILES string of the molecule is CC(=O)N1CCCCC1c1nc(C)cc(-c2ccnn2C(C)C)n1.